The van der Waals surface area contributed by atoms with E-state index in [0.717, 1.165) is 5.56 Å². The number of rotatable bonds is 7. The van der Waals surface area contributed by atoms with Gasteiger partial charge in [0.05, 0.1) is 26.2 Å². The summed E-state index contributed by atoms with van der Waals surface area (Å²) in [6.45, 7) is 7.24. The average molecular weight is 362 g/mol. The topological polar surface area (TPSA) is 67.9 Å². The van der Waals surface area contributed by atoms with Crippen LogP contribution in [-0.2, 0) is 9.59 Å². The second-order valence-electron chi connectivity index (χ2n) is 7.02. The molecule has 1 aromatic rings. The molecule has 6 heteroatoms. The Hall–Kier alpha value is -2.24. The van der Waals surface area contributed by atoms with Crippen LogP contribution in [0, 0.1) is 11.8 Å². The summed E-state index contributed by atoms with van der Waals surface area (Å²) in [6.07, 6.45) is 0.932. The maximum atomic E-state index is 12.9. The fourth-order valence-corrected chi connectivity index (χ4v) is 3.48. The summed E-state index contributed by atoms with van der Waals surface area (Å²) in [5.74, 6) is 1.45. The van der Waals surface area contributed by atoms with Gasteiger partial charge in [-0.05, 0) is 31.4 Å². The summed E-state index contributed by atoms with van der Waals surface area (Å²) in [5.41, 5.74) is 0.841. The van der Waals surface area contributed by atoms with E-state index in [1.807, 2.05) is 19.1 Å². The highest BCUT2D eigenvalue weighted by molar-refractivity contribution is 5.85. The number of piperidine rings is 1. The van der Waals surface area contributed by atoms with Gasteiger partial charge in [-0.15, -0.1) is 0 Å². The first-order valence-corrected chi connectivity index (χ1v) is 9.22. The predicted molar refractivity (Wildman–Crippen MR) is 100 cm³/mol. The molecule has 0 spiro atoms. The van der Waals surface area contributed by atoms with E-state index in [2.05, 4.69) is 19.2 Å². The molecule has 0 unspecified atom stereocenters. The molecule has 2 atom stereocenters. The van der Waals surface area contributed by atoms with Gasteiger partial charge in [0.1, 0.15) is 11.5 Å². The summed E-state index contributed by atoms with van der Waals surface area (Å²) >= 11 is 0. The van der Waals surface area contributed by atoms with Gasteiger partial charge in [0, 0.05) is 31.1 Å². The molecule has 1 saturated heterocycles. The van der Waals surface area contributed by atoms with E-state index in [4.69, 9.17) is 9.47 Å². The van der Waals surface area contributed by atoms with Crippen LogP contribution < -0.4 is 14.8 Å². The third kappa shape index (κ3) is 4.29. The number of carbonyl (C=O) groups excluding carboxylic acids is 2. The Kier molecular flexibility index (Phi) is 6.89. The van der Waals surface area contributed by atoms with Crippen LogP contribution in [0.25, 0.3) is 0 Å². The summed E-state index contributed by atoms with van der Waals surface area (Å²) in [5, 5.41) is 3.03. The van der Waals surface area contributed by atoms with E-state index in [1.54, 1.807) is 25.2 Å². The molecular weight excluding hydrogens is 332 g/mol. The lowest BCUT2D eigenvalue weighted by Gasteiger charge is -2.40. The highest BCUT2D eigenvalue weighted by Gasteiger charge is 2.41. The number of methoxy groups -OCH3 is 2. The van der Waals surface area contributed by atoms with Crippen molar-refractivity contribution < 1.29 is 19.1 Å². The first-order chi connectivity index (χ1) is 12.4. The van der Waals surface area contributed by atoms with Crippen molar-refractivity contribution in [3.63, 3.8) is 0 Å². The number of hydrogen-bond donors (Lipinski definition) is 1. The molecule has 2 rings (SSSR count). The minimum Gasteiger partial charge on any atom is -0.497 e. The maximum Gasteiger partial charge on any atom is 0.225 e. The fraction of sp³-hybridized carbons (Fsp3) is 0.600. The van der Waals surface area contributed by atoms with Gasteiger partial charge in [0.2, 0.25) is 11.8 Å². The summed E-state index contributed by atoms with van der Waals surface area (Å²) in [7, 11) is 3.19. The summed E-state index contributed by atoms with van der Waals surface area (Å²) in [4.78, 5) is 27.1. The van der Waals surface area contributed by atoms with E-state index < -0.39 is 0 Å². The second kappa shape index (κ2) is 8.92. The van der Waals surface area contributed by atoms with Gasteiger partial charge < -0.3 is 19.7 Å². The Morgan fingerprint density at radius 2 is 2.04 bits per heavy atom. The number of carbonyl (C=O) groups is 2. The van der Waals surface area contributed by atoms with Gasteiger partial charge in [0.25, 0.3) is 0 Å². The van der Waals surface area contributed by atoms with Crippen molar-refractivity contribution in [3.8, 4) is 11.5 Å². The lowest BCUT2D eigenvalue weighted by atomic mass is 9.83. The van der Waals surface area contributed by atoms with Crippen molar-refractivity contribution in [3.05, 3.63) is 23.8 Å². The minimum absolute atomic E-state index is 0.00692. The molecule has 1 N–H and O–H groups in total. The molecule has 0 aliphatic carbocycles. The van der Waals surface area contributed by atoms with Crippen LogP contribution in [0.5, 0.6) is 11.5 Å². The molecule has 0 aromatic heterocycles. The summed E-state index contributed by atoms with van der Waals surface area (Å²) < 4.78 is 10.8. The molecule has 1 fully saturated rings. The van der Waals surface area contributed by atoms with E-state index in [9.17, 15) is 9.59 Å². The third-order valence-corrected chi connectivity index (χ3v) is 4.83. The number of nitrogens with one attached hydrogen (secondary N) is 1. The van der Waals surface area contributed by atoms with E-state index in [1.165, 1.54) is 0 Å². The van der Waals surface area contributed by atoms with Crippen molar-refractivity contribution in [2.45, 2.75) is 39.7 Å². The molecule has 1 heterocycles. The maximum absolute atomic E-state index is 12.9. The fourth-order valence-electron chi connectivity index (χ4n) is 3.48. The lowest BCUT2D eigenvalue weighted by molar-refractivity contribution is -0.143. The van der Waals surface area contributed by atoms with Crippen molar-refractivity contribution in [2.24, 2.45) is 11.8 Å². The minimum atomic E-state index is -0.339. The van der Waals surface area contributed by atoms with Crippen LogP contribution >= 0.6 is 0 Å². The standard InChI is InChI=1S/C20H30N2O4/c1-6-22-18(23)10-9-16(20(24)21-12-13(2)3)19(22)15-8-7-14(25-4)11-17(15)26-5/h7-8,11,13,16,19H,6,9-10,12H2,1-5H3,(H,21,24)/t16-,19+/m1/s1. The largest absolute Gasteiger partial charge is 0.497 e. The third-order valence-electron chi connectivity index (χ3n) is 4.83. The molecule has 0 bridgehead atoms. The average Bonchev–Trinajstić information content (AvgIpc) is 2.65. The second-order valence-corrected chi connectivity index (χ2v) is 7.02. The van der Waals surface area contributed by atoms with E-state index in [0.29, 0.717) is 43.3 Å². The van der Waals surface area contributed by atoms with Crippen LogP contribution in [0.1, 0.15) is 45.2 Å². The number of ether oxygens (including phenoxy) is 2. The van der Waals surface area contributed by atoms with Crippen LogP contribution in [-0.4, -0.2) is 44.0 Å². The number of benzene rings is 1. The molecule has 2 amide bonds. The van der Waals surface area contributed by atoms with Crippen LogP contribution in [0.4, 0.5) is 0 Å². The Bertz CT molecular complexity index is 645. The number of nitrogens with zero attached hydrogens (tertiary/aromatic N) is 1. The summed E-state index contributed by atoms with van der Waals surface area (Å²) in [6, 6.07) is 5.19. The molecule has 1 aromatic carbocycles. The zero-order valence-corrected chi connectivity index (χ0v) is 16.4. The van der Waals surface area contributed by atoms with Crippen molar-refractivity contribution >= 4 is 11.8 Å². The first kappa shape index (κ1) is 20.1. The van der Waals surface area contributed by atoms with Crippen LogP contribution in [0.15, 0.2) is 18.2 Å². The highest BCUT2D eigenvalue weighted by Crippen LogP contribution is 2.41. The van der Waals surface area contributed by atoms with Crippen LogP contribution in [0.2, 0.25) is 0 Å². The van der Waals surface area contributed by atoms with Gasteiger partial charge in [-0.25, -0.2) is 0 Å². The lowest BCUT2D eigenvalue weighted by Crippen LogP contribution is -2.48. The molecule has 0 saturated carbocycles. The molecule has 1 aliphatic rings. The smallest absolute Gasteiger partial charge is 0.225 e. The molecule has 26 heavy (non-hydrogen) atoms. The van der Waals surface area contributed by atoms with Gasteiger partial charge in [0.15, 0.2) is 0 Å². The van der Waals surface area contributed by atoms with E-state index >= 15 is 0 Å². The zero-order valence-electron chi connectivity index (χ0n) is 16.4. The van der Waals surface area contributed by atoms with Gasteiger partial charge >= 0.3 is 0 Å². The first-order valence-electron chi connectivity index (χ1n) is 9.22. The number of hydrogen-bond acceptors (Lipinski definition) is 4. The van der Waals surface area contributed by atoms with Crippen molar-refractivity contribution in [1.29, 1.82) is 0 Å². The highest BCUT2D eigenvalue weighted by atomic mass is 16.5. The van der Waals surface area contributed by atoms with Crippen molar-refractivity contribution in [1.82, 2.24) is 10.2 Å². The van der Waals surface area contributed by atoms with Gasteiger partial charge in [-0.2, -0.15) is 0 Å². The Balaban J connectivity index is 2.42. The van der Waals surface area contributed by atoms with E-state index in [-0.39, 0.29) is 23.8 Å². The SMILES string of the molecule is CCN1C(=O)CC[C@@H](C(=O)NCC(C)C)[C@@H]1c1ccc(OC)cc1OC. The van der Waals surface area contributed by atoms with Crippen molar-refractivity contribution in [2.75, 3.05) is 27.3 Å². The van der Waals surface area contributed by atoms with Gasteiger partial charge in [-0.3, -0.25) is 9.59 Å². The Labute approximate surface area is 155 Å². The predicted octanol–water partition coefficient (Wildman–Crippen LogP) is 2.78. The Morgan fingerprint density at radius 3 is 2.62 bits per heavy atom. The molecule has 6 nitrogen and oxygen atoms in total. The van der Waals surface area contributed by atoms with Crippen LogP contribution in [0.3, 0.4) is 0 Å². The number of amides is 2. The molecule has 1 aliphatic heterocycles. The molecule has 144 valence electrons. The van der Waals surface area contributed by atoms with Gasteiger partial charge in [-0.1, -0.05) is 13.8 Å². The monoisotopic (exact) mass is 362 g/mol. The molecule has 0 radical (unpaired) electrons. The quantitative estimate of drug-likeness (QED) is 0.810. The number of likely N-dealkylation sites (tertiary alicyclic amines) is 1. The molecular formula is C20H30N2O4. The Morgan fingerprint density at radius 1 is 1.31 bits per heavy atom. The zero-order chi connectivity index (χ0) is 19.3. The normalized spacial score (nSPS) is 20.2.